The zero-order valence-corrected chi connectivity index (χ0v) is 12.6. The number of pyridine rings is 1. The highest BCUT2D eigenvalue weighted by atomic mass is 32.2. The first-order chi connectivity index (χ1) is 10.7. The van der Waals surface area contributed by atoms with Gasteiger partial charge in [-0.15, -0.1) is 10.2 Å². The van der Waals surface area contributed by atoms with E-state index in [4.69, 9.17) is 5.11 Å². The molecule has 0 aliphatic carbocycles. The molecule has 22 heavy (non-hydrogen) atoms. The highest BCUT2D eigenvalue weighted by Gasteiger charge is 2.18. The third-order valence-corrected chi connectivity index (χ3v) is 4.35. The highest BCUT2D eigenvalue weighted by Crippen LogP contribution is 2.25. The van der Waals surface area contributed by atoms with Crippen molar-refractivity contribution in [3.8, 4) is 11.4 Å². The molecule has 1 atom stereocenters. The molecule has 0 aliphatic heterocycles. The van der Waals surface area contributed by atoms with Crippen molar-refractivity contribution in [3.63, 3.8) is 0 Å². The summed E-state index contributed by atoms with van der Waals surface area (Å²) in [6.07, 6.45) is 3.89. The molecule has 0 amide bonds. The van der Waals surface area contributed by atoms with E-state index in [1.165, 1.54) is 11.8 Å². The van der Waals surface area contributed by atoms with Gasteiger partial charge in [0.15, 0.2) is 11.5 Å². The van der Waals surface area contributed by atoms with E-state index in [0.29, 0.717) is 22.9 Å². The van der Waals surface area contributed by atoms with E-state index in [1.54, 1.807) is 29.0 Å². The van der Waals surface area contributed by atoms with Crippen molar-refractivity contribution < 1.29 is 9.90 Å². The predicted octanol–water partition coefficient (Wildman–Crippen LogP) is 2.14. The number of carboxylic acids is 1. The maximum Gasteiger partial charge on any atom is 0.317 e. The number of carbonyl (C=O) groups is 1. The summed E-state index contributed by atoms with van der Waals surface area (Å²) in [5, 5.41) is 21.9. The van der Waals surface area contributed by atoms with Crippen LogP contribution in [0.3, 0.4) is 0 Å². The molecule has 1 N–H and O–H groups in total. The average molecular weight is 315 g/mol. The zero-order valence-electron chi connectivity index (χ0n) is 11.7. The molecule has 3 aromatic heterocycles. The fourth-order valence-corrected chi connectivity index (χ4v) is 2.80. The maximum absolute atomic E-state index is 11.1. The lowest BCUT2D eigenvalue weighted by molar-refractivity contribution is -0.136. The van der Waals surface area contributed by atoms with Crippen LogP contribution >= 0.6 is 11.8 Å². The zero-order chi connectivity index (χ0) is 15.5. The van der Waals surface area contributed by atoms with Gasteiger partial charge in [-0.05, 0) is 30.7 Å². The molecule has 0 aromatic carbocycles. The van der Waals surface area contributed by atoms with Crippen LogP contribution in [-0.4, -0.2) is 41.1 Å². The van der Waals surface area contributed by atoms with Gasteiger partial charge in [0.2, 0.25) is 0 Å². The topological polar surface area (TPSA) is 93.3 Å². The van der Waals surface area contributed by atoms with Crippen LogP contribution in [0.4, 0.5) is 0 Å². The van der Waals surface area contributed by atoms with E-state index in [0.717, 1.165) is 5.56 Å². The van der Waals surface area contributed by atoms with Gasteiger partial charge in [0.25, 0.3) is 0 Å². The minimum Gasteiger partial charge on any atom is -0.480 e. The molecule has 0 unspecified atom stereocenters. The summed E-state index contributed by atoms with van der Waals surface area (Å²) in [6.45, 7) is 1.84. The Bertz CT molecular complexity index is 805. The molecule has 0 spiro atoms. The second-order valence-electron chi connectivity index (χ2n) is 4.56. The first-order valence-electron chi connectivity index (χ1n) is 6.71. The summed E-state index contributed by atoms with van der Waals surface area (Å²) < 4.78 is 1.61. The average Bonchev–Trinajstić information content (AvgIpc) is 2.96. The van der Waals surface area contributed by atoms with Crippen molar-refractivity contribution in [3.05, 3.63) is 36.7 Å². The molecule has 8 heteroatoms. The Morgan fingerprint density at radius 3 is 2.91 bits per heavy atom. The Morgan fingerprint density at radius 1 is 1.36 bits per heavy atom. The van der Waals surface area contributed by atoms with Gasteiger partial charge in [0, 0.05) is 18.0 Å². The summed E-state index contributed by atoms with van der Waals surface area (Å²) in [6, 6.07) is 7.22. The molecular formula is C14H13N5O2S. The van der Waals surface area contributed by atoms with Crippen molar-refractivity contribution in [1.82, 2.24) is 24.8 Å². The van der Waals surface area contributed by atoms with Crippen LogP contribution in [0.1, 0.15) is 13.3 Å². The molecule has 0 bridgehead atoms. The fraction of sp³-hybridized carbons (Fsp3) is 0.214. The van der Waals surface area contributed by atoms with E-state index in [-0.39, 0.29) is 0 Å². The van der Waals surface area contributed by atoms with E-state index in [2.05, 4.69) is 20.3 Å². The van der Waals surface area contributed by atoms with Gasteiger partial charge in [-0.3, -0.25) is 9.78 Å². The van der Waals surface area contributed by atoms with Crippen LogP contribution in [0.25, 0.3) is 17.0 Å². The van der Waals surface area contributed by atoms with Crippen LogP contribution in [0.2, 0.25) is 0 Å². The van der Waals surface area contributed by atoms with Crippen LogP contribution in [0.15, 0.2) is 41.7 Å². The Kier molecular flexibility index (Phi) is 4.01. The monoisotopic (exact) mass is 315 g/mol. The fourth-order valence-electron chi connectivity index (χ4n) is 1.96. The maximum atomic E-state index is 11.1. The Hall–Kier alpha value is -2.48. The second-order valence-corrected chi connectivity index (χ2v) is 5.78. The number of carboxylic acid groups (broad SMARTS) is 1. The Balaban J connectivity index is 2.00. The van der Waals surface area contributed by atoms with Crippen molar-refractivity contribution in [2.75, 3.05) is 0 Å². The summed E-state index contributed by atoms with van der Waals surface area (Å²) in [7, 11) is 0. The van der Waals surface area contributed by atoms with Gasteiger partial charge in [-0.25, -0.2) is 0 Å². The molecule has 112 valence electrons. The number of aromatic nitrogens is 5. The highest BCUT2D eigenvalue weighted by molar-refractivity contribution is 8.00. The standard InChI is InChI=1S/C14H13N5O2S/c1-2-10(14(20)21)22-12-6-5-11-16-17-13(19(11)18-12)9-4-3-7-15-8-9/h3-8,10H,2H2,1H3,(H,20,21)/t10-/m1/s1. The van der Waals surface area contributed by atoms with Crippen LogP contribution in [-0.2, 0) is 4.79 Å². The molecule has 7 nitrogen and oxygen atoms in total. The van der Waals surface area contributed by atoms with Gasteiger partial charge in [-0.2, -0.15) is 9.61 Å². The van der Waals surface area contributed by atoms with Crippen molar-refractivity contribution >= 4 is 23.4 Å². The SMILES string of the molecule is CC[C@@H](Sc1ccc2nnc(-c3cccnc3)n2n1)C(=O)O. The van der Waals surface area contributed by atoms with E-state index in [9.17, 15) is 4.79 Å². The third kappa shape index (κ3) is 2.77. The van der Waals surface area contributed by atoms with E-state index >= 15 is 0 Å². The summed E-state index contributed by atoms with van der Waals surface area (Å²) in [4.78, 5) is 15.2. The second kappa shape index (κ2) is 6.10. The van der Waals surface area contributed by atoms with E-state index < -0.39 is 11.2 Å². The number of rotatable bonds is 5. The van der Waals surface area contributed by atoms with Gasteiger partial charge < -0.3 is 5.11 Å². The van der Waals surface area contributed by atoms with Crippen molar-refractivity contribution in [1.29, 1.82) is 0 Å². The molecule has 0 radical (unpaired) electrons. The lowest BCUT2D eigenvalue weighted by atomic mass is 10.3. The molecule has 0 saturated heterocycles. The van der Waals surface area contributed by atoms with Crippen molar-refractivity contribution in [2.45, 2.75) is 23.6 Å². The summed E-state index contributed by atoms with van der Waals surface area (Å²) in [5.41, 5.74) is 1.40. The lowest BCUT2D eigenvalue weighted by Crippen LogP contribution is -2.15. The molecule has 0 fully saturated rings. The third-order valence-electron chi connectivity index (χ3n) is 3.07. The molecule has 0 aliphatic rings. The largest absolute Gasteiger partial charge is 0.480 e. The Morgan fingerprint density at radius 2 is 2.23 bits per heavy atom. The van der Waals surface area contributed by atoms with Gasteiger partial charge in [0.1, 0.15) is 10.3 Å². The first kappa shape index (κ1) is 14.5. The number of hydrogen-bond acceptors (Lipinski definition) is 6. The number of aliphatic carboxylic acids is 1. The number of nitrogens with zero attached hydrogens (tertiary/aromatic N) is 5. The van der Waals surface area contributed by atoms with Gasteiger partial charge in [-0.1, -0.05) is 18.7 Å². The molecule has 0 saturated carbocycles. The normalized spacial score (nSPS) is 12.4. The smallest absolute Gasteiger partial charge is 0.317 e. The molecular weight excluding hydrogens is 302 g/mol. The predicted molar refractivity (Wildman–Crippen MR) is 81.6 cm³/mol. The molecule has 3 aromatic rings. The Labute approximate surface area is 130 Å². The number of fused-ring (bicyclic) bond motifs is 1. The quantitative estimate of drug-likeness (QED) is 0.721. The number of thioether (sulfide) groups is 1. The minimum absolute atomic E-state index is 0.525. The molecule has 3 heterocycles. The van der Waals surface area contributed by atoms with Crippen LogP contribution in [0, 0.1) is 0 Å². The number of hydrogen-bond donors (Lipinski definition) is 1. The van der Waals surface area contributed by atoms with E-state index in [1.807, 2.05) is 19.1 Å². The molecule has 3 rings (SSSR count). The van der Waals surface area contributed by atoms with Crippen molar-refractivity contribution in [2.24, 2.45) is 0 Å². The minimum atomic E-state index is -0.842. The summed E-state index contributed by atoms with van der Waals surface area (Å²) in [5.74, 6) is -0.264. The van der Waals surface area contributed by atoms with Crippen LogP contribution < -0.4 is 0 Å². The lowest BCUT2D eigenvalue weighted by Gasteiger charge is -2.08. The first-order valence-corrected chi connectivity index (χ1v) is 7.59. The van der Waals surface area contributed by atoms with Gasteiger partial charge >= 0.3 is 5.97 Å². The van der Waals surface area contributed by atoms with Gasteiger partial charge in [0.05, 0.1) is 0 Å². The summed E-state index contributed by atoms with van der Waals surface area (Å²) >= 11 is 1.22. The van der Waals surface area contributed by atoms with Crippen LogP contribution in [0.5, 0.6) is 0 Å².